The minimum atomic E-state index is -0.378. The third kappa shape index (κ3) is 5.33. The Morgan fingerprint density at radius 1 is 1.09 bits per heavy atom. The smallest absolute Gasteiger partial charge is 0.319 e. The topological polar surface area (TPSA) is 119 Å². The number of hydrogen-bond acceptors (Lipinski definition) is 6. The fourth-order valence-corrected chi connectivity index (χ4v) is 3.97. The Kier molecular flexibility index (Phi) is 6.92. The Morgan fingerprint density at radius 3 is 2.67 bits per heavy atom. The minimum Gasteiger partial charge on any atom is -0.497 e. The summed E-state index contributed by atoms with van der Waals surface area (Å²) in [6, 6.07) is 10.4. The van der Waals surface area contributed by atoms with Gasteiger partial charge >= 0.3 is 6.03 Å². The second-order valence-corrected chi connectivity index (χ2v) is 7.92. The molecule has 0 spiro atoms. The van der Waals surface area contributed by atoms with E-state index in [1.54, 1.807) is 42.1 Å². The average molecular weight is 453 g/mol. The molecule has 1 saturated carbocycles. The third-order valence-corrected chi connectivity index (χ3v) is 5.73. The zero-order valence-corrected chi connectivity index (χ0v) is 18.8. The van der Waals surface area contributed by atoms with Crippen molar-refractivity contribution >= 4 is 28.7 Å². The van der Waals surface area contributed by atoms with Crippen LogP contribution in [0.2, 0.25) is 0 Å². The van der Waals surface area contributed by atoms with Crippen LogP contribution in [0, 0.1) is 0 Å². The van der Waals surface area contributed by atoms with Crippen molar-refractivity contribution in [1.29, 1.82) is 0 Å². The maximum atomic E-state index is 12.5. The molecule has 10 nitrogen and oxygen atoms in total. The van der Waals surface area contributed by atoms with Crippen LogP contribution >= 0.6 is 0 Å². The Labute approximate surface area is 191 Å². The first-order chi connectivity index (χ1) is 16.1. The maximum absolute atomic E-state index is 12.5. The van der Waals surface area contributed by atoms with Gasteiger partial charge in [-0.2, -0.15) is 0 Å². The molecule has 1 heterocycles. The number of anilines is 1. The maximum Gasteiger partial charge on any atom is 0.319 e. The lowest BCUT2D eigenvalue weighted by Crippen LogP contribution is -2.32. The number of nitrogens with one attached hydrogen (secondary N) is 3. The van der Waals surface area contributed by atoms with Gasteiger partial charge in [0.05, 0.1) is 32.0 Å². The molecule has 2 aromatic carbocycles. The number of amides is 3. The molecule has 0 unspecified atom stereocenters. The van der Waals surface area contributed by atoms with Crippen LogP contribution in [0.4, 0.5) is 10.5 Å². The van der Waals surface area contributed by atoms with Gasteiger partial charge in [0.25, 0.3) is 5.91 Å². The van der Waals surface area contributed by atoms with Crippen LogP contribution in [0.15, 0.2) is 36.4 Å². The highest BCUT2D eigenvalue weighted by molar-refractivity contribution is 5.97. The van der Waals surface area contributed by atoms with E-state index in [-0.39, 0.29) is 18.0 Å². The number of carbonyl (C=O) groups is 2. The summed E-state index contributed by atoms with van der Waals surface area (Å²) in [6.07, 6.45) is 4.40. The van der Waals surface area contributed by atoms with Crippen LogP contribution in [0.1, 0.15) is 36.0 Å². The molecule has 10 heteroatoms. The molecule has 1 aromatic heterocycles. The number of urea groups is 1. The van der Waals surface area contributed by atoms with Gasteiger partial charge in [0, 0.05) is 24.2 Å². The number of ether oxygens (including phenoxy) is 2. The fraction of sp³-hybridized carbons (Fsp3) is 0.391. The van der Waals surface area contributed by atoms with E-state index in [9.17, 15) is 9.59 Å². The van der Waals surface area contributed by atoms with Crippen LogP contribution in [-0.4, -0.2) is 53.7 Å². The highest BCUT2D eigenvalue weighted by Crippen LogP contribution is 2.28. The van der Waals surface area contributed by atoms with Gasteiger partial charge < -0.3 is 25.4 Å². The molecule has 0 aliphatic heterocycles. The van der Waals surface area contributed by atoms with E-state index in [2.05, 4.69) is 26.3 Å². The molecular weight excluding hydrogens is 424 g/mol. The van der Waals surface area contributed by atoms with E-state index in [0.717, 1.165) is 31.2 Å². The van der Waals surface area contributed by atoms with E-state index in [1.165, 1.54) is 7.11 Å². The standard InChI is InChI=1S/C23H28N6O4/c1-32-17-8-10-21(33-2)19(14-17)26-23(31)24-11-12-29-20-9-7-15(13-18(20)27-28-29)22(30)25-16-5-3-4-6-16/h7-10,13-14,16H,3-6,11-12H2,1-2H3,(H,25,30)(H2,24,26,31). The van der Waals surface area contributed by atoms with Crippen LogP contribution in [0.25, 0.3) is 11.0 Å². The van der Waals surface area contributed by atoms with Crippen molar-refractivity contribution in [2.24, 2.45) is 0 Å². The van der Waals surface area contributed by atoms with Gasteiger partial charge in [-0.05, 0) is 43.2 Å². The molecule has 1 aliphatic rings. The molecule has 174 valence electrons. The first kappa shape index (κ1) is 22.4. The molecular formula is C23H28N6O4. The molecule has 0 saturated heterocycles. The largest absolute Gasteiger partial charge is 0.497 e. The van der Waals surface area contributed by atoms with Gasteiger partial charge in [0.2, 0.25) is 0 Å². The molecule has 3 aromatic rings. The highest BCUT2D eigenvalue weighted by Gasteiger charge is 2.18. The molecule has 0 atom stereocenters. The van der Waals surface area contributed by atoms with Gasteiger partial charge in [-0.15, -0.1) is 5.10 Å². The molecule has 4 rings (SSSR count). The summed E-state index contributed by atoms with van der Waals surface area (Å²) in [5.41, 5.74) is 2.51. The Bertz CT molecular complexity index is 1140. The molecule has 0 radical (unpaired) electrons. The number of hydrogen-bond donors (Lipinski definition) is 3. The lowest BCUT2D eigenvalue weighted by molar-refractivity contribution is 0.0938. The van der Waals surface area contributed by atoms with Crippen molar-refractivity contribution in [3.8, 4) is 11.5 Å². The molecule has 0 bridgehead atoms. The SMILES string of the molecule is COc1ccc(OC)c(NC(=O)NCCn2nnc3cc(C(=O)NC4CCCC4)ccc32)c1. The third-order valence-electron chi connectivity index (χ3n) is 5.73. The summed E-state index contributed by atoms with van der Waals surface area (Å²) in [5, 5.41) is 17.0. The zero-order valence-electron chi connectivity index (χ0n) is 18.8. The van der Waals surface area contributed by atoms with Crippen LogP contribution in [0.3, 0.4) is 0 Å². The van der Waals surface area contributed by atoms with Crippen molar-refractivity contribution in [1.82, 2.24) is 25.6 Å². The summed E-state index contributed by atoms with van der Waals surface area (Å²) >= 11 is 0. The van der Waals surface area contributed by atoms with E-state index in [0.29, 0.717) is 41.4 Å². The van der Waals surface area contributed by atoms with Crippen molar-refractivity contribution in [2.45, 2.75) is 38.3 Å². The second-order valence-electron chi connectivity index (χ2n) is 7.92. The lowest BCUT2D eigenvalue weighted by atomic mass is 10.1. The molecule has 1 aliphatic carbocycles. The van der Waals surface area contributed by atoms with Crippen molar-refractivity contribution in [3.05, 3.63) is 42.0 Å². The number of fused-ring (bicyclic) bond motifs is 1. The van der Waals surface area contributed by atoms with Gasteiger partial charge in [0.15, 0.2) is 0 Å². The molecule has 3 amide bonds. The molecule has 1 fully saturated rings. The van der Waals surface area contributed by atoms with E-state index in [4.69, 9.17) is 9.47 Å². The normalized spacial score (nSPS) is 13.6. The predicted octanol–water partition coefficient (Wildman–Crippen LogP) is 2.94. The van der Waals surface area contributed by atoms with Gasteiger partial charge in [-0.1, -0.05) is 18.1 Å². The Morgan fingerprint density at radius 2 is 1.91 bits per heavy atom. The van der Waals surface area contributed by atoms with E-state index < -0.39 is 0 Å². The number of carbonyl (C=O) groups excluding carboxylic acids is 2. The monoisotopic (exact) mass is 452 g/mol. The number of rotatable bonds is 8. The van der Waals surface area contributed by atoms with Crippen LogP contribution in [0.5, 0.6) is 11.5 Å². The van der Waals surface area contributed by atoms with Crippen LogP contribution in [-0.2, 0) is 6.54 Å². The quantitative estimate of drug-likeness (QED) is 0.483. The second kappa shape index (κ2) is 10.2. The number of benzene rings is 2. The summed E-state index contributed by atoms with van der Waals surface area (Å²) in [7, 11) is 3.09. The first-order valence-electron chi connectivity index (χ1n) is 11.0. The highest BCUT2D eigenvalue weighted by atomic mass is 16.5. The Hall–Kier alpha value is -3.82. The van der Waals surface area contributed by atoms with Gasteiger partial charge in [0.1, 0.15) is 17.0 Å². The number of aromatic nitrogens is 3. The Balaban J connectivity index is 1.33. The van der Waals surface area contributed by atoms with Gasteiger partial charge in [-0.25, -0.2) is 9.48 Å². The number of methoxy groups -OCH3 is 2. The van der Waals surface area contributed by atoms with Gasteiger partial charge in [-0.3, -0.25) is 4.79 Å². The van der Waals surface area contributed by atoms with Crippen molar-refractivity contribution in [2.75, 3.05) is 26.1 Å². The minimum absolute atomic E-state index is 0.0790. The summed E-state index contributed by atoms with van der Waals surface area (Å²) < 4.78 is 12.2. The molecule has 33 heavy (non-hydrogen) atoms. The van der Waals surface area contributed by atoms with E-state index in [1.807, 2.05) is 6.07 Å². The average Bonchev–Trinajstić information content (AvgIpc) is 3.48. The van der Waals surface area contributed by atoms with Crippen molar-refractivity contribution < 1.29 is 19.1 Å². The van der Waals surface area contributed by atoms with Crippen molar-refractivity contribution in [3.63, 3.8) is 0 Å². The predicted molar refractivity (Wildman–Crippen MR) is 124 cm³/mol. The summed E-state index contributed by atoms with van der Waals surface area (Å²) in [6.45, 7) is 0.757. The first-order valence-corrected chi connectivity index (χ1v) is 11.0. The molecule has 3 N–H and O–H groups in total. The number of nitrogens with zero attached hydrogens (tertiary/aromatic N) is 3. The summed E-state index contributed by atoms with van der Waals surface area (Å²) in [5.74, 6) is 1.06. The fourth-order valence-electron chi connectivity index (χ4n) is 3.97. The van der Waals surface area contributed by atoms with E-state index >= 15 is 0 Å². The van der Waals surface area contributed by atoms with Crippen LogP contribution < -0.4 is 25.4 Å². The summed E-state index contributed by atoms with van der Waals surface area (Å²) in [4.78, 5) is 24.8. The zero-order chi connectivity index (χ0) is 23.2. The lowest BCUT2D eigenvalue weighted by Gasteiger charge is -2.12.